The Kier molecular flexibility index (Phi) is 4.96. The van der Waals surface area contributed by atoms with Crippen molar-refractivity contribution in [3.8, 4) is 11.1 Å². The van der Waals surface area contributed by atoms with Gasteiger partial charge in [-0.2, -0.15) is 0 Å². The third-order valence-corrected chi connectivity index (χ3v) is 13.1. The van der Waals surface area contributed by atoms with Gasteiger partial charge >= 0.3 is 7.12 Å². The second-order valence-electron chi connectivity index (χ2n) is 15.4. The Bertz CT molecular complexity index is 1780. The van der Waals surface area contributed by atoms with Crippen LogP contribution in [0.2, 0.25) is 0 Å². The monoisotopic (exact) mass is 564 g/mol. The molecule has 4 aromatic carbocycles. The first-order valence-electron chi connectivity index (χ1n) is 16.4. The van der Waals surface area contributed by atoms with Gasteiger partial charge in [-0.05, 0) is 107 Å². The number of hydrogen-bond acceptors (Lipinski definition) is 2. The fraction of sp³-hybridized carbons (Fsp3) is 0.400. The predicted octanol–water partition coefficient (Wildman–Crippen LogP) is 8.40. The lowest BCUT2D eigenvalue weighted by molar-refractivity contribution is -0.0411. The van der Waals surface area contributed by atoms with E-state index in [4.69, 9.17) is 9.31 Å². The van der Waals surface area contributed by atoms with Crippen molar-refractivity contribution in [2.24, 2.45) is 17.3 Å². The third kappa shape index (κ3) is 2.99. The van der Waals surface area contributed by atoms with Gasteiger partial charge in [-0.15, -0.1) is 0 Å². The van der Waals surface area contributed by atoms with Crippen molar-refractivity contribution in [3.05, 3.63) is 124 Å². The van der Waals surface area contributed by atoms with Crippen LogP contribution in [0.25, 0.3) is 11.1 Å². The smallest absolute Gasteiger partial charge is 0.399 e. The maximum absolute atomic E-state index is 7.16. The average Bonchev–Trinajstić information content (AvgIpc) is 3.21. The lowest BCUT2D eigenvalue weighted by Gasteiger charge is -2.46. The van der Waals surface area contributed by atoms with E-state index in [-0.39, 0.29) is 16.6 Å². The summed E-state index contributed by atoms with van der Waals surface area (Å²) in [6.07, 6.45) is 3.80. The van der Waals surface area contributed by atoms with E-state index in [0.29, 0.717) is 5.41 Å². The van der Waals surface area contributed by atoms with E-state index in [1.54, 1.807) is 0 Å². The van der Waals surface area contributed by atoms with E-state index in [9.17, 15) is 0 Å². The molecule has 3 heteroatoms. The van der Waals surface area contributed by atoms with Crippen LogP contribution in [0, 0.1) is 17.3 Å². The van der Waals surface area contributed by atoms with Gasteiger partial charge < -0.3 is 9.31 Å². The fourth-order valence-electron chi connectivity index (χ4n) is 10.3. The Morgan fingerprint density at radius 2 is 1.26 bits per heavy atom. The summed E-state index contributed by atoms with van der Waals surface area (Å²) in [5, 5.41) is 0. The van der Waals surface area contributed by atoms with Gasteiger partial charge in [-0.25, -0.2) is 0 Å². The normalized spacial score (nSPS) is 31.0. The van der Waals surface area contributed by atoms with E-state index >= 15 is 0 Å². The highest BCUT2D eigenvalue weighted by atomic mass is 16.7. The molecule has 0 bridgehead atoms. The molecule has 1 heterocycles. The summed E-state index contributed by atoms with van der Waals surface area (Å²) in [6.45, 7) is 14.0. The van der Waals surface area contributed by atoms with Crippen LogP contribution in [0.4, 0.5) is 0 Å². The standard InChI is InChI=1S/C40H41BO2/c1-25-27-22-23-39(25,27)24-38(6)37(4,5)42-41(43-38)34-21-13-20-33-35(34)26-14-7-8-15-28(26)40(33)31-18-11-9-16-29(31)36(2,3)30-17-10-12-19-32(30)40/h7-21,25,27H,22-24H2,1-6H3/t25-,27?,38?,39?/m1/s1. The van der Waals surface area contributed by atoms with Crippen LogP contribution >= 0.6 is 0 Å². The maximum atomic E-state index is 7.16. The van der Waals surface area contributed by atoms with Crippen molar-refractivity contribution in [2.45, 2.75) is 82.8 Å². The Morgan fingerprint density at radius 1 is 0.674 bits per heavy atom. The third-order valence-electron chi connectivity index (χ3n) is 13.1. The molecule has 4 aliphatic carbocycles. The molecule has 1 aliphatic heterocycles. The van der Waals surface area contributed by atoms with Crippen molar-refractivity contribution in [3.63, 3.8) is 0 Å². The topological polar surface area (TPSA) is 18.5 Å². The van der Waals surface area contributed by atoms with Crippen molar-refractivity contribution in [1.82, 2.24) is 0 Å². The van der Waals surface area contributed by atoms with Crippen LogP contribution in [-0.4, -0.2) is 18.3 Å². The molecule has 0 radical (unpaired) electrons. The van der Waals surface area contributed by atoms with Gasteiger partial charge in [0, 0.05) is 5.41 Å². The Labute approximate surface area is 257 Å². The summed E-state index contributed by atoms with van der Waals surface area (Å²) in [7, 11) is -0.410. The fourth-order valence-corrected chi connectivity index (χ4v) is 10.3. The summed E-state index contributed by atoms with van der Waals surface area (Å²) in [4.78, 5) is 0. The molecule has 0 N–H and O–H groups in total. The average molecular weight is 565 g/mol. The highest BCUT2D eigenvalue weighted by Crippen LogP contribution is 2.76. The quantitative estimate of drug-likeness (QED) is 0.205. The molecule has 1 saturated heterocycles. The van der Waals surface area contributed by atoms with Gasteiger partial charge in [0.05, 0.1) is 16.6 Å². The van der Waals surface area contributed by atoms with Crippen molar-refractivity contribution >= 4 is 12.6 Å². The molecule has 5 aliphatic rings. The van der Waals surface area contributed by atoms with Gasteiger partial charge in [0.25, 0.3) is 0 Å². The molecule has 9 rings (SSSR count). The molecule has 1 spiro atoms. The summed E-state index contributed by atoms with van der Waals surface area (Å²) in [6, 6.07) is 34.3. The summed E-state index contributed by atoms with van der Waals surface area (Å²) in [5.41, 5.74) is 11.2. The van der Waals surface area contributed by atoms with E-state index in [2.05, 4.69) is 133 Å². The largest absolute Gasteiger partial charge is 0.495 e. The Hall–Kier alpha value is -3.14. The zero-order valence-corrected chi connectivity index (χ0v) is 26.3. The van der Waals surface area contributed by atoms with Crippen LogP contribution in [0.15, 0.2) is 91.0 Å². The molecule has 0 aromatic heterocycles. The first kappa shape index (κ1) is 26.3. The minimum atomic E-state index is -0.410. The molecule has 4 aromatic rings. The van der Waals surface area contributed by atoms with Crippen LogP contribution in [0.1, 0.15) is 94.2 Å². The van der Waals surface area contributed by atoms with E-state index in [0.717, 1.165) is 23.7 Å². The molecule has 43 heavy (non-hydrogen) atoms. The number of hydrogen-bond donors (Lipinski definition) is 0. The molecule has 3 fully saturated rings. The first-order chi connectivity index (χ1) is 20.6. The number of fused-ring (bicyclic) bond motifs is 10. The molecule has 216 valence electrons. The van der Waals surface area contributed by atoms with Crippen LogP contribution < -0.4 is 5.46 Å². The lowest BCUT2D eigenvalue weighted by Crippen LogP contribution is -2.47. The summed E-state index contributed by atoms with van der Waals surface area (Å²) >= 11 is 0. The minimum absolute atomic E-state index is 0.101. The summed E-state index contributed by atoms with van der Waals surface area (Å²) < 4.78 is 14.1. The van der Waals surface area contributed by atoms with Gasteiger partial charge in [-0.1, -0.05) is 112 Å². The van der Waals surface area contributed by atoms with Crippen LogP contribution in [-0.2, 0) is 20.1 Å². The highest BCUT2D eigenvalue weighted by Gasteiger charge is 2.71. The van der Waals surface area contributed by atoms with Crippen molar-refractivity contribution in [1.29, 1.82) is 0 Å². The zero-order valence-electron chi connectivity index (χ0n) is 26.3. The Morgan fingerprint density at radius 3 is 1.84 bits per heavy atom. The van der Waals surface area contributed by atoms with Crippen molar-refractivity contribution in [2.75, 3.05) is 0 Å². The van der Waals surface area contributed by atoms with E-state index in [1.165, 1.54) is 57.3 Å². The predicted molar refractivity (Wildman–Crippen MR) is 175 cm³/mol. The van der Waals surface area contributed by atoms with Crippen LogP contribution in [0.5, 0.6) is 0 Å². The minimum Gasteiger partial charge on any atom is -0.399 e. The molecule has 3 unspecified atom stereocenters. The first-order valence-corrected chi connectivity index (χ1v) is 16.4. The van der Waals surface area contributed by atoms with Crippen LogP contribution in [0.3, 0.4) is 0 Å². The van der Waals surface area contributed by atoms with E-state index in [1.807, 2.05) is 0 Å². The SMILES string of the molecule is C[C@@H]1C2CCC21CC1(C)OB(c2cccc3c2-c2ccccc2C32c3ccccc3C(C)(C)c3ccccc32)OC1(C)C. The maximum Gasteiger partial charge on any atom is 0.495 e. The molecular formula is C40H41BO2. The van der Waals surface area contributed by atoms with Gasteiger partial charge in [0.15, 0.2) is 0 Å². The molecular weight excluding hydrogens is 523 g/mol. The summed E-state index contributed by atoms with van der Waals surface area (Å²) in [5.74, 6) is 1.69. The molecule has 0 amide bonds. The molecule has 4 atom stereocenters. The highest BCUT2D eigenvalue weighted by molar-refractivity contribution is 6.64. The lowest BCUT2D eigenvalue weighted by atomic mass is 9.55. The molecule has 2 nitrogen and oxygen atoms in total. The van der Waals surface area contributed by atoms with E-state index < -0.39 is 12.5 Å². The van der Waals surface area contributed by atoms with Gasteiger partial charge in [0.2, 0.25) is 0 Å². The zero-order chi connectivity index (χ0) is 29.6. The molecule has 2 saturated carbocycles. The van der Waals surface area contributed by atoms with Gasteiger partial charge in [0.1, 0.15) is 0 Å². The second kappa shape index (κ2) is 8.12. The van der Waals surface area contributed by atoms with Crippen molar-refractivity contribution < 1.29 is 9.31 Å². The number of benzene rings is 4. The number of rotatable bonds is 3. The van der Waals surface area contributed by atoms with Gasteiger partial charge in [-0.3, -0.25) is 0 Å². The Balaban J connectivity index is 1.26. The second-order valence-corrected chi connectivity index (χ2v) is 15.4.